The van der Waals surface area contributed by atoms with Crippen LogP contribution in [0.5, 0.6) is 0 Å². The zero-order chi connectivity index (χ0) is 9.42. The molecule has 0 bridgehead atoms. The van der Waals surface area contributed by atoms with Crippen molar-refractivity contribution < 1.29 is 4.39 Å². The van der Waals surface area contributed by atoms with Crippen molar-refractivity contribution >= 4 is 15.9 Å². The molecule has 0 saturated carbocycles. The van der Waals surface area contributed by atoms with Gasteiger partial charge in [-0.05, 0) is 43.1 Å². The van der Waals surface area contributed by atoms with Crippen LogP contribution < -0.4 is 5.32 Å². The van der Waals surface area contributed by atoms with E-state index in [-0.39, 0.29) is 11.9 Å². The highest BCUT2D eigenvalue weighted by molar-refractivity contribution is 9.10. The summed E-state index contributed by atoms with van der Waals surface area (Å²) in [6.07, 6.45) is 0.783. The predicted molar refractivity (Wildman–Crippen MR) is 54.2 cm³/mol. The summed E-state index contributed by atoms with van der Waals surface area (Å²) in [7, 11) is 0. The number of fused-ring (bicyclic) bond motifs is 1. The second kappa shape index (κ2) is 3.39. The molecule has 0 spiro atoms. The molecular formula is C10H11BrFN. The van der Waals surface area contributed by atoms with Crippen molar-refractivity contribution in [2.45, 2.75) is 19.4 Å². The van der Waals surface area contributed by atoms with Crippen LogP contribution in [0.2, 0.25) is 0 Å². The first-order chi connectivity index (χ1) is 6.20. The second-order valence-electron chi connectivity index (χ2n) is 3.35. The first-order valence-corrected chi connectivity index (χ1v) is 5.19. The predicted octanol–water partition coefficient (Wildman–Crippen LogP) is 2.79. The number of nitrogens with one attached hydrogen (secondary N) is 1. The molecule has 1 heterocycles. The molecule has 70 valence electrons. The summed E-state index contributed by atoms with van der Waals surface area (Å²) in [5.74, 6) is -0.0773. The lowest BCUT2D eigenvalue weighted by Crippen LogP contribution is -2.28. The van der Waals surface area contributed by atoms with Crippen LogP contribution >= 0.6 is 15.9 Å². The fourth-order valence-electron chi connectivity index (χ4n) is 1.85. The maximum atomic E-state index is 13.4. The van der Waals surface area contributed by atoms with E-state index in [1.165, 1.54) is 6.07 Å². The van der Waals surface area contributed by atoms with E-state index in [0.29, 0.717) is 0 Å². The van der Waals surface area contributed by atoms with Crippen molar-refractivity contribution in [3.8, 4) is 0 Å². The Labute approximate surface area is 85.5 Å². The molecule has 0 aliphatic carbocycles. The molecule has 13 heavy (non-hydrogen) atoms. The van der Waals surface area contributed by atoms with E-state index >= 15 is 0 Å². The maximum absolute atomic E-state index is 13.4. The van der Waals surface area contributed by atoms with E-state index < -0.39 is 0 Å². The molecule has 0 fully saturated rings. The summed E-state index contributed by atoms with van der Waals surface area (Å²) in [6, 6.07) is 3.55. The van der Waals surface area contributed by atoms with Gasteiger partial charge in [0, 0.05) is 10.5 Å². The van der Waals surface area contributed by atoms with Crippen LogP contribution in [0, 0.1) is 5.82 Å². The van der Waals surface area contributed by atoms with E-state index in [0.717, 1.165) is 28.6 Å². The second-order valence-corrected chi connectivity index (χ2v) is 4.20. The summed E-state index contributed by atoms with van der Waals surface area (Å²) in [5, 5.41) is 3.31. The summed E-state index contributed by atoms with van der Waals surface area (Å²) in [5.41, 5.74) is 1.94. The zero-order valence-corrected chi connectivity index (χ0v) is 8.99. The third-order valence-electron chi connectivity index (χ3n) is 2.51. The third-order valence-corrected chi connectivity index (χ3v) is 3.20. The van der Waals surface area contributed by atoms with Gasteiger partial charge in [0.25, 0.3) is 0 Å². The first-order valence-electron chi connectivity index (χ1n) is 4.40. The Morgan fingerprint density at radius 3 is 3.00 bits per heavy atom. The summed E-state index contributed by atoms with van der Waals surface area (Å²) in [4.78, 5) is 0. The Morgan fingerprint density at radius 2 is 2.31 bits per heavy atom. The average molecular weight is 244 g/mol. The number of halogens is 2. The Balaban J connectivity index is 2.60. The molecule has 1 nitrogen and oxygen atoms in total. The van der Waals surface area contributed by atoms with Gasteiger partial charge in [-0.2, -0.15) is 0 Å². The largest absolute Gasteiger partial charge is 0.310 e. The summed E-state index contributed by atoms with van der Waals surface area (Å²) < 4.78 is 14.4. The highest BCUT2D eigenvalue weighted by Gasteiger charge is 2.20. The molecular weight excluding hydrogens is 233 g/mol. The van der Waals surface area contributed by atoms with E-state index in [2.05, 4.69) is 28.2 Å². The van der Waals surface area contributed by atoms with Gasteiger partial charge in [-0.1, -0.05) is 15.9 Å². The molecule has 1 atom stereocenters. The van der Waals surface area contributed by atoms with E-state index in [4.69, 9.17) is 0 Å². The monoisotopic (exact) mass is 243 g/mol. The van der Waals surface area contributed by atoms with Crippen LogP contribution in [0.1, 0.15) is 24.1 Å². The van der Waals surface area contributed by atoms with Gasteiger partial charge in [0.15, 0.2) is 0 Å². The fourth-order valence-corrected chi connectivity index (χ4v) is 2.56. The van der Waals surface area contributed by atoms with Crippen molar-refractivity contribution in [3.05, 3.63) is 33.5 Å². The molecule has 1 aliphatic heterocycles. The molecule has 2 rings (SSSR count). The third kappa shape index (κ3) is 1.51. The van der Waals surface area contributed by atoms with Gasteiger partial charge < -0.3 is 5.32 Å². The van der Waals surface area contributed by atoms with Crippen LogP contribution in [0.4, 0.5) is 4.39 Å². The maximum Gasteiger partial charge on any atom is 0.126 e. The molecule has 1 aromatic rings. The standard InChI is InChI=1S/C10H11BrFN/c1-6-10-7(4-5-13-6)9(12)3-2-8(10)11/h2-3,6,13H,4-5H2,1H3/t6-/m0/s1. The fraction of sp³-hybridized carbons (Fsp3) is 0.400. The van der Waals surface area contributed by atoms with Crippen molar-refractivity contribution in [3.63, 3.8) is 0 Å². The van der Waals surface area contributed by atoms with E-state index in [1.54, 1.807) is 6.07 Å². The molecule has 3 heteroatoms. The Bertz CT molecular complexity index is 338. The van der Waals surface area contributed by atoms with Gasteiger partial charge in [0.05, 0.1) is 0 Å². The molecule has 0 saturated heterocycles. The lowest BCUT2D eigenvalue weighted by molar-refractivity contribution is 0.511. The van der Waals surface area contributed by atoms with E-state index in [9.17, 15) is 4.39 Å². The van der Waals surface area contributed by atoms with E-state index in [1.807, 2.05) is 0 Å². The minimum atomic E-state index is -0.0773. The molecule has 1 aromatic carbocycles. The molecule has 0 amide bonds. The lowest BCUT2D eigenvalue weighted by atomic mass is 9.95. The quantitative estimate of drug-likeness (QED) is 0.739. The molecule has 0 unspecified atom stereocenters. The lowest BCUT2D eigenvalue weighted by Gasteiger charge is -2.25. The van der Waals surface area contributed by atoms with Crippen LogP contribution in [0.25, 0.3) is 0 Å². The normalized spacial score (nSPS) is 21.3. The van der Waals surface area contributed by atoms with Crippen LogP contribution in [-0.4, -0.2) is 6.54 Å². The number of hydrogen-bond donors (Lipinski definition) is 1. The molecule has 1 aliphatic rings. The first kappa shape index (κ1) is 9.16. The van der Waals surface area contributed by atoms with Crippen molar-refractivity contribution in [1.29, 1.82) is 0 Å². The summed E-state index contributed by atoms with van der Waals surface area (Å²) >= 11 is 3.45. The number of rotatable bonds is 0. The highest BCUT2D eigenvalue weighted by Crippen LogP contribution is 2.31. The molecule has 1 N–H and O–H groups in total. The average Bonchev–Trinajstić information content (AvgIpc) is 2.12. The Hall–Kier alpha value is -0.410. The topological polar surface area (TPSA) is 12.0 Å². The summed E-state index contributed by atoms with van der Waals surface area (Å²) in [6.45, 7) is 2.92. The van der Waals surface area contributed by atoms with Crippen molar-refractivity contribution in [1.82, 2.24) is 5.32 Å². The smallest absolute Gasteiger partial charge is 0.126 e. The van der Waals surface area contributed by atoms with Crippen molar-refractivity contribution in [2.75, 3.05) is 6.54 Å². The Kier molecular flexibility index (Phi) is 2.39. The molecule has 0 radical (unpaired) electrons. The molecule has 0 aromatic heterocycles. The van der Waals surface area contributed by atoms with Crippen molar-refractivity contribution in [2.24, 2.45) is 0 Å². The SMILES string of the molecule is C[C@@H]1NCCc2c(F)ccc(Br)c21. The number of benzene rings is 1. The van der Waals surface area contributed by atoms with Gasteiger partial charge in [-0.3, -0.25) is 0 Å². The van der Waals surface area contributed by atoms with Gasteiger partial charge in [-0.15, -0.1) is 0 Å². The zero-order valence-electron chi connectivity index (χ0n) is 7.40. The van der Waals surface area contributed by atoms with Gasteiger partial charge in [-0.25, -0.2) is 4.39 Å². The number of hydrogen-bond acceptors (Lipinski definition) is 1. The minimum Gasteiger partial charge on any atom is -0.310 e. The van der Waals surface area contributed by atoms with Gasteiger partial charge in [0.2, 0.25) is 0 Å². The van der Waals surface area contributed by atoms with Gasteiger partial charge >= 0.3 is 0 Å². The highest BCUT2D eigenvalue weighted by atomic mass is 79.9. The van der Waals surface area contributed by atoms with Crippen LogP contribution in [0.3, 0.4) is 0 Å². The van der Waals surface area contributed by atoms with Gasteiger partial charge in [0.1, 0.15) is 5.82 Å². The van der Waals surface area contributed by atoms with Crippen LogP contribution in [-0.2, 0) is 6.42 Å². The minimum absolute atomic E-state index is 0.0773. The van der Waals surface area contributed by atoms with Crippen LogP contribution in [0.15, 0.2) is 16.6 Å². The Morgan fingerprint density at radius 1 is 1.54 bits per heavy atom.